The summed E-state index contributed by atoms with van der Waals surface area (Å²) in [4.78, 5) is 0. The van der Waals surface area contributed by atoms with Crippen LogP contribution < -0.4 is 21.3 Å². The molecule has 0 radical (unpaired) electrons. The molecule has 0 aliphatic carbocycles. The van der Waals surface area contributed by atoms with Crippen LogP contribution in [0.25, 0.3) is 0 Å². The first kappa shape index (κ1) is 21.8. The van der Waals surface area contributed by atoms with Crippen LogP contribution >= 0.6 is 0 Å². The Bertz CT molecular complexity index is 168. The predicted octanol–water partition coefficient (Wildman–Crippen LogP) is 2.51. The third-order valence-electron chi connectivity index (χ3n) is 3.89. The van der Waals surface area contributed by atoms with Gasteiger partial charge in [-0.05, 0) is 58.5 Å². The Hall–Kier alpha value is -0.160. The molecule has 0 saturated carbocycles. The SMILES string of the molecule is CCNCCCNCCCCCCCCCNCCNCC. The van der Waals surface area contributed by atoms with Gasteiger partial charge < -0.3 is 21.3 Å². The maximum Gasteiger partial charge on any atom is 0.00767 e. The second kappa shape index (κ2) is 20.8. The van der Waals surface area contributed by atoms with Crippen LogP contribution in [0.5, 0.6) is 0 Å². The van der Waals surface area contributed by atoms with Gasteiger partial charge in [-0.1, -0.05) is 46.0 Å². The van der Waals surface area contributed by atoms with E-state index in [-0.39, 0.29) is 0 Å². The number of likely N-dealkylation sites (N-methyl/N-ethyl adjacent to an activating group) is 1. The van der Waals surface area contributed by atoms with Gasteiger partial charge in [0.1, 0.15) is 0 Å². The van der Waals surface area contributed by atoms with Gasteiger partial charge in [0, 0.05) is 13.1 Å². The molecule has 4 heteroatoms. The number of hydrogen-bond donors (Lipinski definition) is 4. The van der Waals surface area contributed by atoms with Crippen LogP contribution in [-0.2, 0) is 0 Å². The molecule has 0 aromatic heterocycles. The van der Waals surface area contributed by atoms with Crippen LogP contribution in [0.1, 0.15) is 65.2 Å². The van der Waals surface area contributed by atoms with Crippen molar-refractivity contribution in [2.45, 2.75) is 65.2 Å². The Balaban J connectivity index is 2.91. The number of hydrogen-bond acceptors (Lipinski definition) is 4. The minimum Gasteiger partial charge on any atom is -0.317 e. The van der Waals surface area contributed by atoms with Crippen LogP contribution in [0, 0.1) is 0 Å². The Kier molecular flexibility index (Phi) is 20.7. The maximum absolute atomic E-state index is 3.53. The van der Waals surface area contributed by atoms with Gasteiger partial charge in [0.2, 0.25) is 0 Å². The van der Waals surface area contributed by atoms with Crippen molar-refractivity contribution in [2.24, 2.45) is 0 Å². The van der Waals surface area contributed by atoms with Gasteiger partial charge in [-0.3, -0.25) is 0 Å². The van der Waals surface area contributed by atoms with Crippen molar-refractivity contribution >= 4 is 0 Å². The fraction of sp³-hybridized carbons (Fsp3) is 1.00. The summed E-state index contributed by atoms with van der Waals surface area (Å²) in [5.41, 5.74) is 0. The van der Waals surface area contributed by atoms with Gasteiger partial charge >= 0.3 is 0 Å². The normalized spacial score (nSPS) is 11.2. The maximum atomic E-state index is 3.53. The van der Waals surface area contributed by atoms with Crippen LogP contribution in [0.4, 0.5) is 0 Å². The molecule has 4 N–H and O–H groups in total. The quantitative estimate of drug-likeness (QED) is 0.277. The summed E-state index contributed by atoms with van der Waals surface area (Å²) >= 11 is 0. The van der Waals surface area contributed by atoms with Crippen molar-refractivity contribution in [1.82, 2.24) is 21.3 Å². The Labute approximate surface area is 139 Å². The van der Waals surface area contributed by atoms with E-state index >= 15 is 0 Å². The highest BCUT2D eigenvalue weighted by Crippen LogP contribution is 2.06. The molecule has 0 aromatic carbocycles. The monoisotopic (exact) mass is 314 g/mol. The molecule has 0 rings (SSSR count). The van der Waals surface area contributed by atoms with Gasteiger partial charge in [0.15, 0.2) is 0 Å². The van der Waals surface area contributed by atoms with E-state index in [1.807, 2.05) is 0 Å². The highest BCUT2D eigenvalue weighted by molar-refractivity contribution is 4.54. The Morgan fingerprint density at radius 1 is 0.364 bits per heavy atom. The smallest absolute Gasteiger partial charge is 0.00767 e. The Morgan fingerprint density at radius 2 is 0.727 bits per heavy atom. The zero-order valence-corrected chi connectivity index (χ0v) is 15.3. The second-order valence-corrected chi connectivity index (χ2v) is 6.04. The van der Waals surface area contributed by atoms with Crippen LogP contribution in [0.3, 0.4) is 0 Å². The van der Waals surface area contributed by atoms with Crippen LogP contribution in [0.2, 0.25) is 0 Å². The standard InChI is InChI=1S/C18H42N4/c1-3-19-15-12-16-21-13-10-8-6-5-7-9-11-14-22-18-17-20-4-2/h19-22H,3-18H2,1-2H3. The summed E-state index contributed by atoms with van der Waals surface area (Å²) in [6, 6.07) is 0. The van der Waals surface area contributed by atoms with Crippen molar-refractivity contribution in [3.63, 3.8) is 0 Å². The van der Waals surface area contributed by atoms with E-state index in [1.54, 1.807) is 0 Å². The first-order valence-electron chi connectivity index (χ1n) is 9.74. The molecule has 22 heavy (non-hydrogen) atoms. The first-order chi connectivity index (χ1) is 10.9. The lowest BCUT2D eigenvalue weighted by molar-refractivity contribution is 0.535. The minimum absolute atomic E-state index is 1.08. The van der Waals surface area contributed by atoms with Gasteiger partial charge in [0.25, 0.3) is 0 Å². The van der Waals surface area contributed by atoms with Crippen molar-refractivity contribution in [2.75, 3.05) is 52.4 Å². The molecule has 0 aliphatic rings. The molecule has 0 aromatic rings. The van der Waals surface area contributed by atoms with E-state index in [0.29, 0.717) is 0 Å². The Morgan fingerprint density at radius 3 is 1.32 bits per heavy atom. The lowest BCUT2D eigenvalue weighted by Gasteiger charge is -2.06. The molecule has 0 amide bonds. The van der Waals surface area contributed by atoms with E-state index in [4.69, 9.17) is 0 Å². The van der Waals surface area contributed by atoms with Crippen LogP contribution in [0.15, 0.2) is 0 Å². The molecule has 0 fully saturated rings. The molecule has 4 nitrogen and oxygen atoms in total. The summed E-state index contributed by atoms with van der Waals surface area (Å²) in [6.45, 7) is 13.4. The van der Waals surface area contributed by atoms with Crippen molar-refractivity contribution < 1.29 is 0 Å². The fourth-order valence-corrected chi connectivity index (χ4v) is 2.50. The molecular formula is C18H42N4. The van der Waals surface area contributed by atoms with Gasteiger partial charge in [0.05, 0.1) is 0 Å². The van der Waals surface area contributed by atoms with Crippen molar-refractivity contribution in [1.29, 1.82) is 0 Å². The fourth-order valence-electron chi connectivity index (χ4n) is 2.50. The summed E-state index contributed by atoms with van der Waals surface area (Å²) in [5.74, 6) is 0. The summed E-state index contributed by atoms with van der Waals surface area (Å²) in [7, 11) is 0. The molecule has 0 spiro atoms. The average Bonchev–Trinajstić information content (AvgIpc) is 2.54. The summed E-state index contributed by atoms with van der Waals surface area (Å²) in [5, 5.41) is 13.7. The molecule has 0 saturated heterocycles. The highest BCUT2D eigenvalue weighted by atomic mass is 14.9. The molecule has 0 bridgehead atoms. The summed E-state index contributed by atoms with van der Waals surface area (Å²) in [6.07, 6.45) is 10.9. The van der Waals surface area contributed by atoms with Gasteiger partial charge in [-0.15, -0.1) is 0 Å². The van der Waals surface area contributed by atoms with E-state index < -0.39 is 0 Å². The highest BCUT2D eigenvalue weighted by Gasteiger charge is 1.93. The van der Waals surface area contributed by atoms with E-state index in [0.717, 1.165) is 39.3 Å². The second-order valence-electron chi connectivity index (χ2n) is 6.04. The lowest BCUT2D eigenvalue weighted by Crippen LogP contribution is -2.27. The average molecular weight is 315 g/mol. The largest absolute Gasteiger partial charge is 0.317 e. The number of rotatable bonds is 19. The third kappa shape index (κ3) is 19.8. The van der Waals surface area contributed by atoms with Crippen LogP contribution in [-0.4, -0.2) is 52.4 Å². The first-order valence-corrected chi connectivity index (χ1v) is 9.74. The molecule has 0 aliphatic heterocycles. The zero-order valence-electron chi connectivity index (χ0n) is 15.3. The lowest BCUT2D eigenvalue weighted by atomic mass is 10.1. The van der Waals surface area contributed by atoms with E-state index in [9.17, 15) is 0 Å². The van der Waals surface area contributed by atoms with E-state index in [2.05, 4.69) is 35.1 Å². The van der Waals surface area contributed by atoms with Crippen molar-refractivity contribution in [3.8, 4) is 0 Å². The third-order valence-corrected chi connectivity index (χ3v) is 3.89. The molecule has 0 unspecified atom stereocenters. The molecule has 0 heterocycles. The number of nitrogens with one attached hydrogen (secondary N) is 4. The van der Waals surface area contributed by atoms with Gasteiger partial charge in [-0.2, -0.15) is 0 Å². The van der Waals surface area contributed by atoms with Crippen molar-refractivity contribution in [3.05, 3.63) is 0 Å². The van der Waals surface area contributed by atoms with Gasteiger partial charge in [-0.25, -0.2) is 0 Å². The summed E-state index contributed by atoms with van der Waals surface area (Å²) < 4.78 is 0. The minimum atomic E-state index is 1.08. The number of unbranched alkanes of at least 4 members (excludes halogenated alkanes) is 6. The predicted molar refractivity (Wildman–Crippen MR) is 99.8 cm³/mol. The topological polar surface area (TPSA) is 48.1 Å². The molecular weight excluding hydrogens is 272 g/mol. The zero-order chi connectivity index (χ0) is 16.1. The molecule has 0 atom stereocenters. The van der Waals surface area contributed by atoms with E-state index in [1.165, 1.54) is 64.5 Å². The molecule has 134 valence electrons.